The summed E-state index contributed by atoms with van der Waals surface area (Å²) < 4.78 is 0. The van der Waals surface area contributed by atoms with Crippen LogP contribution in [0.2, 0.25) is 0 Å². The molecule has 1 aliphatic rings. The number of rotatable bonds is 0. The predicted octanol–water partition coefficient (Wildman–Crippen LogP) is 1.12. The van der Waals surface area contributed by atoms with Gasteiger partial charge in [-0.1, -0.05) is 12.2 Å². The van der Waals surface area contributed by atoms with Crippen LogP contribution >= 0.6 is 0 Å². The zero-order valence-electron chi connectivity index (χ0n) is 5.47. The number of nitrogens with zero attached hydrogens (tertiary/aromatic N) is 3. The van der Waals surface area contributed by atoms with Gasteiger partial charge < -0.3 is 11.1 Å². The van der Waals surface area contributed by atoms with Crippen molar-refractivity contribution in [3.8, 4) is 0 Å². The van der Waals surface area contributed by atoms with Crippen LogP contribution in [0.3, 0.4) is 0 Å². The van der Waals surface area contributed by atoms with Crippen molar-refractivity contribution in [2.24, 2.45) is 0 Å². The van der Waals surface area contributed by atoms with Crippen LogP contribution in [0.15, 0.2) is 24.3 Å². The summed E-state index contributed by atoms with van der Waals surface area (Å²) in [5, 5.41) is 0. The van der Waals surface area contributed by atoms with Gasteiger partial charge in [0, 0.05) is 0 Å². The highest BCUT2D eigenvalue weighted by molar-refractivity contribution is 6.46. The van der Waals surface area contributed by atoms with Crippen LogP contribution in [0.5, 0.6) is 0 Å². The molecule has 0 amide bonds. The lowest BCUT2D eigenvalue weighted by Gasteiger charge is -1.88. The van der Waals surface area contributed by atoms with E-state index in [1.165, 1.54) is 17.1 Å². The van der Waals surface area contributed by atoms with E-state index in [2.05, 4.69) is 0 Å². The van der Waals surface area contributed by atoms with Crippen LogP contribution in [0.25, 0.3) is 16.0 Å². The number of allylic oxidation sites excluding steroid dienone is 4. The topological polar surface area (TPSA) is 92.8 Å². The fourth-order valence-corrected chi connectivity index (χ4v) is 0.450. The summed E-state index contributed by atoms with van der Waals surface area (Å²) in [5.41, 5.74) is 13.5. The Kier molecular flexibility index (Phi) is 4.12. The lowest BCUT2D eigenvalue weighted by Crippen LogP contribution is -2.08. The Bertz CT molecular complexity index is 237. The summed E-state index contributed by atoms with van der Waals surface area (Å²) in [5.74, 6) is -0.875. The standard InChI is InChI=1S/C6H4O2.N3/c7-5-3-1-2-4-6(5)8;1-3-2/h1-4H;/q;-1. The number of carbonyl (C=O) groups is 2. The van der Waals surface area contributed by atoms with E-state index in [0.29, 0.717) is 0 Å². The van der Waals surface area contributed by atoms with E-state index >= 15 is 0 Å². The Balaban J connectivity index is 0.000000292. The Morgan fingerprint density at radius 2 is 1.27 bits per heavy atom. The van der Waals surface area contributed by atoms with Gasteiger partial charge in [-0.25, -0.2) is 0 Å². The monoisotopic (exact) mass is 150 g/mol. The van der Waals surface area contributed by atoms with E-state index in [4.69, 9.17) is 11.1 Å². The molecule has 56 valence electrons. The van der Waals surface area contributed by atoms with Gasteiger partial charge in [-0.05, 0) is 12.2 Å². The smallest absolute Gasteiger partial charge is 0.225 e. The van der Waals surface area contributed by atoms with Crippen molar-refractivity contribution >= 4 is 11.6 Å². The first kappa shape index (κ1) is 9.13. The molecule has 11 heavy (non-hydrogen) atoms. The molecule has 0 unspecified atom stereocenters. The molecular formula is C6H4N3O2-. The van der Waals surface area contributed by atoms with E-state index in [-0.39, 0.29) is 0 Å². The molecule has 0 aromatic carbocycles. The minimum absolute atomic E-state index is 0.437. The van der Waals surface area contributed by atoms with Crippen LogP contribution in [0.1, 0.15) is 0 Å². The molecular weight excluding hydrogens is 146 g/mol. The van der Waals surface area contributed by atoms with E-state index < -0.39 is 11.6 Å². The largest absolute Gasteiger partial charge is 0.373 e. The molecule has 0 radical (unpaired) electrons. The molecule has 0 bridgehead atoms. The third kappa shape index (κ3) is 3.66. The molecule has 0 aromatic heterocycles. The van der Waals surface area contributed by atoms with Crippen molar-refractivity contribution in [1.82, 2.24) is 0 Å². The van der Waals surface area contributed by atoms with Gasteiger partial charge in [0.25, 0.3) is 0 Å². The highest BCUT2D eigenvalue weighted by Crippen LogP contribution is 1.90. The molecule has 0 aliphatic heterocycles. The molecule has 5 heteroatoms. The molecule has 5 nitrogen and oxygen atoms in total. The molecule has 0 heterocycles. The molecule has 1 rings (SSSR count). The van der Waals surface area contributed by atoms with Crippen LogP contribution in [0, 0.1) is 0 Å². The van der Waals surface area contributed by atoms with Crippen LogP contribution in [0.4, 0.5) is 0 Å². The second kappa shape index (κ2) is 4.96. The number of hydrogen-bond acceptors (Lipinski definition) is 2. The van der Waals surface area contributed by atoms with Crippen molar-refractivity contribution in [3.05, 3.63) is 40.3 Å². The van der Waals surface area contributed by atoms with Crippen LogP contribution in [-0.4, -0.2) is 11.6 Å². The Hall–Kier alpha value is -1.87. The van der Waals surface area contributed by atoms with Gasteiger partial charge in [-0.15, -0.1) is 0 Å². The minimum atomic E-state index is -0.437. The zero-order valence-corrected chi connectivity index (χ0v) is 5.47. The van der Waals surface area contributed by atoms with Crippen molar-refractivity contribution < 1.29 is 9.59 Å². The highest BCUT2D eigenvalue weighted by Gasteiger charge is 2.06. The zero-order chi connectivity index (χ0) is 8.69. The number of ketones is 2. The molecule has 1 aliphatic carbocycles. The summed E-state index contributed by atoms with van der Waals surface area (Å²) in [6.45, 7) is 0. The molecule has 0 spiro atoms. The highest BCUT2D eigenvalue weighted by atomic mass is 16.2. The van der Waals surface area contributed by atoms with Gasteiger partial charge in [0.05, 0.1) is 0 Å². The molecule has 0 saturated carbocycles. The first-order chi connectivity index (χ1) is 5.22. The molecule has 0 fully saturated rings. The number of carbonyl (C=O) groups excluding carboxylic acids is 2. The van der Waals surface area contributed by atoms with Gasteiger partial charge in [-0.2, -0.15) is 0 Å². The maximum absolute atomic E-state index is 10.3. The summed E-state index contributed by atoms with van der Waals surface area (Å²) in [6.07, 6.45) is 5.60. The average molecular weight is 150 g/mol. The van der Waals surface area contributed by atoms with Crippen molar-refractivity contribution in [2.75, 3.05) is 0 Å². The van der Waals surface area contributed by atoms with E-state index in [0.717, 1.165) is 0 Å². The Labute approximate surface area is 62.4 Å². The minimum Gasteiger partial charge on any atom is -0.373 e. The van der Waals surface area contributed by atoms with Crippen molar-refractivity contribution in [3.63, 3.8) is 0 Å². The maximum Gasteiger partial charge on any atom is 0.225 e. The third-order valence-electron chi connectivity index (χ3n) is 0.849. The summed E-state index contributed by atoms with van der Waals surface area (Å²) in [7, 11) is 0. The molecule has 0 atom stereocenters. The fourth-order valence-electron chi connectivity index (χ4n) is 0.450. The fraction of sp³-hybridized carbons (Fsp3) is 0. The molecule has 0 saturated heterocycles. The lowest BCUT2D eigenvalue weighted by atomic mass is 10.1. The first-order valence-corrected chi connectivity index (χ1v) is 2.64. The van der Waals surface area contributed by atoms with Gasteiger partial charge in [0.2, 0.25) is 11.6 Å². The second-order valence-corrected chi connectivity index (χ2v) is 1.54. The molecule has 0 aromatic rings. The van der Waals surface area contributed by atoms with E-state index in [1.807, 2.05) is 0 Å². The van der Waals surface area contributed by atoms with Gasteiger partial charge in [0.15, 0.2) is 0 Å². The summed E-state index contributed by atoms with van der Waals surface area (Å²) in [6, 6.07) is 0. The quantitative estimate of drug-likeness (QED) is 0.170. The summed E-state index contributed by atoms with van der Waals surface area (Å²) >= 11 is 0. The predicted molar refractivity (Wildman–Crippen MR) is 38.4 cm³/mol. The van der Waals surface area contributed by atoms with Crippen molar-refractivity contribution in [1.29, 1.82) is 0 Å². The van der Waals surface area contributed by atoms with E-state index in [9.17, 15) is 9.59 Å². The summed E-state index contributed by atoms with van der Waals surface area (Å²) in [4.78, 5) is 22.1. The first-order valence-electron chi connectivity index (χ1n) is 2.64. The maximum atomic E-state index is 10.3. The Morgan fingerprint density at radius 3 is 1.45 bits per heavy atom. The Morgan fingerprint density at radius 1 is 1.00 bits per heavy atom. The van der Waals surface area contributed by atoms with Crippen LogP contribution in [-0.2, 0) is 9.59 Å². The second-order valence-electron chi connectivity index (χ2n) is 1.54. The van der Waals surface area contributed by atoms with Crippen LogP contribution < -0.4 is 0 Å². The van der Waals surface area contributed by atoms with Gasteiger partial charge in [-0.3, -0.25) is 14.5 Å². The normalized spacial score (nSPS) is 13.5. The lowest BCUT2D eigenvalue weighted by molar-refractivity contribution is -0.131. The van der Waals surface area contributed by atoms with Gasteiger partial charge >= 0.3 is 0 Å². The third-order valence-corrected chi connectivity index (χ3v) is 0.849. The molecule has 0 N–H and O–H groups in total. The SMILES string of the molecule is O=C1C=CC=CC1=O.[N-]=[N+]=[N-]. The van der Waals surface area contributed by atoms with Gasteiger partial charge in [0.1, 0.15) is 0 Å². The number of hydrogen-bond donors (Lipinski definition) is 0. The van der Waals surface area contributed by atoms with E-state index in [1.54, 1.807) is 12.2 Å². The average Bonchev–Trinajstić information content (AvgIpc) is 1.97. The van der Waals surface area contributed by atoms with Crippen molar-refractivity contribution in [2.45, 2.75) is 0 Å².